The van der Waals surface area contributed by atoms with E-state index in [-0.39, 0.29) is 0 Å². The minimum Gasteiger partial charge on any atom is -0.0648 e. The number of rotatable bonds is 1. The maximum atomic E-state index is 2.39. The van der Waals surface area contributed by atoms with Gasteiger partial charge in [0.2, 0.25) is 0 Å². The summed E-state index contributed by atoms with van der Waals surface area (Å²) in [6, 6.07) is 4.64. The molecule has 0 saturated heterocycles. The number of hydrogen-bond acceptors (Lipinski definition) is 0. The molecule has 1 aliphatic rings. The molecule has 0 spiro atoms. The Morgan fingerprint density at radius 1 is 1.29 bits per heavy atom. The lowest BCUT2D eigenvalue weighted by Crippen LogP contribution is -2.01. The molecule has 2 rings (SSSR count). The van der Waals surface area contributed by atoms with Crippen LogP contribution in [0.15, 0.2) is 12.1 Å². The van der Waals surface area contributed by atoms with Crippen LogP contribution in [0.5, 0.6) is 0 Å². The van der Waals surface area contributed by atoms with Gasteiger partial charge in [-0.1, -0.05) is 26.0 Å². The van der Waals surface area contributed by atoms with E-state index >= 15 is 0 Å². The highest BCUT2D eigenvalue weighted by molar-refractivity contribution is 5.45. The lowest BCUT2D eigenvalue weighted by molar-refractivity contribution is 0.486. The van der Waals surface area contributed by atoms with Crippen LogP contribution in [0.25, 0.3) is 0 Å². The summed E-state index contributed by atoms with van der Waals surface area (Å²) >= 11 is 0. The normalized spacial score (nSPS) is 25.1. The highest BCUT2D eigenvalue weighted by Crippen LogP contribution is 2.41. The van der Waals surface area contributed by atoms with Gasteiger partial charge in [0, 0.05) is 0 Å². The molecule has 0 nitrogen and oxygen atoms in total. The SMILES string of the molecule is CCC1c2ccc(C)c(C)c2CC1C. The minimum absolute atomic E-state index is 0.810. The Balaban J connectivity index is 2.52. The smallest absolute Gasteiger partial charge is 0.0133 e. The number of aryl methyl sites for hydroxylation is 1. The van der Waals surface area contributed by atoms with E-state index in [1.807, 2.05) is 0 Å². The fraction of sp³-hybridized carbons (Fsp3) is 0.571. The maximum absolute atomic E-state index is 2.39. The van der Waals surface area contributed by atoms with Crippen LogP contribution < -0.4 is 0 Å². The first kappa shape index (κ1) is 9.76. The summed E-state index contributed by atoms with van der Waals surface area (Å²) in [5.74, 6) is 1.65. The first-order valence-electron chi connectivity index (χ1n) is 5.74. The van der Waals surface area contributed by atoms with Gasteiger partial charge in [0.25, 0.3) is 0 Å². The molecule has 2 unspecified atom stereocenters. The second-order valence-electron chi connectivity index (χ2n) is 4.77. The van der Waals surface area contributed by atoms with E-state index in [0.29, 0.717) is 0 Å². The Kier molecular flexibility index (Phi) is 2.38. The molecule has 1 aromatic carbocycles. The Hall–Kier alpha value is -0.780. The lowest BCUT2D eigenvalue weighted by atomic mass is 9.91. The molecule has 1 aromatic rings. The summed E-state index contributed by atoms with van der Waals surface area (Å²) in [5, 5.41) is 0. The highest BCUT2D eigenvalue weighted by atomic mass is 14.3. The molecule has 0 aromatic heterocycles. The molecule has 0 heterocycles. The molecule has 2 atom stereocenters. The number of hydrogen-bond donors (Lipinski definition) is 0. The highest BCUT2D eigenvalue weighted by Gasteiger charge is 2.28. The quantitative estimate of drug-likeness (QED) is 0.625. The predicted molar refractivity (Wildman–Crippen MR) is 61.8 cm³/mol. The van der Waals surface area contributed by atoms with Gasteiger partial charge in [0.1, 0.15) is 0 Å². The van der Waals surface area contributed by atoms with E-state index in [2.05, 4.69) is 39.8 Å². The van der Waals surface area contributed by atoms with Gasteiger partial charge in [0.15, 0.2) is 0 Å². The van der Waals surface area contributed by atoms with Crippen LogP contribution in [0.4, 0.5) is 0 Å². The summed E-state index contributed by atoms with van der Waals surface area (Å²) in [4.78, 5) is 0. The molecule has 14 heavy (non-hydrogen) atoms. The van der Waals surface area contributed by atoms with E-state index in [1.54, 1.807) is 11.1 Å². The Bertz CT molecular complexity index is 349. The van der Waals surface area contributed by atoms with E-state index in [4.69, 9.17) is 0 Å². The zero-order valence-corrected chi connectivity index (χ0v) is 9.72. The number of fused-ring (bicyclic) bond motifs is 1. The van der Waals surface area contributed by atoms with Crippen molar-refractivity contribution in [2.24, 2.45) is 5.92 Å². The van der Waals surface area contributed by atoms with Crippen LogP contribution in [0.1, 0.15) is 48.4 Å². The fourth-order valence-corrected chi connectivity index (χ4v) is 2.91. The van der Waals surface area contributed by atoms with Crippen molar-refractivity contribution in [1.82, 2.24) is 0 Å². The van der Waals surface area contributed by atoms with Crippen molar-refractivity contribution >= 4 is 0 Å². The van der Waals surface area contributed by atoms with Crippen LogP contribution >= 0.6 is 0 Å². The topological polar surface area (TPSA) is 0 Å². The Morgan fingerprint density at radius 3 is 2.64 bits per heavy atom. The molecular weight excluding hydrogens is 168 g/mol. The maximum Gasteiger partial charge on any atom is -0.0133 e. The van der Waals surface area contributed by atoms with Crippen molar-refractivity contribution in [3.63, 3.8) is 0 Å². The molecule has 0 amide bonds. The van der Waals surface area contributed by atoms with Gasteiger partial charge in [-0.15, -0.1) is 0 Å². The average Bonchev–Trinajstić information content (AvgIpc) is 2.49. The zero-order valence-electron chi connectivity index (χ0n) is 9.72. The van der Waals surface area contributed by atoms with Crippen molar-refractivity contribution in [2.45, 2.75) is 46.5 Å². The summed E-state index contributed by atoms with van der Waals surface area (Å²) in [7, 11) is 0. The Morgan fingerprint density at radius 2 is 2.00 bits per heavy atom. The van der Waals surface area contributed by atoms with Crippen LogP contribution in [0.2, 0.25) is 0 Å². The van der Waals surface area contributed by atoms with Gasteiger partial charge in [-0.05, 0) is 60.8 Å². The van der Waals surface area contributed by atoms with Gasteiger partial charge in [0.05, 0.1) is 0 Å². The molecule has 0 heteroatoms. The van der Waals surface area contributed by atoms with Gasteiger partial charge >= 0.3 is 0 Å². The number of benzene rings is 1. The van der Waals surface area contributed by atoms with Gasteiger partial charge in [-0.25, -0.2) is 0 Å². The van der Waals surface area contributed by atoms with Crippen molar-refractivity contribution in [2.75, 3.05) is 0 Å². The molecule has 0 radical (unpaired) electrons. The predicted octanol–water partition coefficient (Wildman–Crippen LogP) is 3.99. The summed E-state index contributed by atoms with van der Waals surface area (Å²) in [6.45, 7) is 9.20. The second-order valence-corrected chi connectivity index (χ2v) is 4.77. The van der Waals surface area contributed by atoms with Crippen LogP contribution in [-0.4, -0.2) is 0 Å². The van der Waals surface area contributed by atoms with Crippen molar-refractivity contribution in [3.05, 3.63) is 34.4 Å². The third kappa shape index (κ3) is 1.28. The molecule has 76 valence electrons. The van der Waals surface area contributed by atoms with Gasteiger partial charge < -0.3 is 0 Å². The van der Waals surface area contributed by atoms with E-state index in [9.17, 15) is 0 Å². The molecule has 0 bridgehead atoms. The summed E-state index contributed by atoms with van der Waals surface area (Å²) < 4.78 is 0. The van der Waals surface area contributed by atoms with Gasteiger partial charge in [-0.3, -0.25) is 0 Å². The standard InChI is InChI=1S/C14H20/c1-5-12-10(3)8-14-11(4)9(2)6-7-13(12)14/h6-7,10,12H,5,8H2,1-4H3. The third-order valence-electron chi connectivity index (χ3n) is 3.96. The van der Waals surface area contributed by atoms with Crippen LogP contribution in [-0.2, 0) is 6.42 Å². The van der Waals surface area contributed by atoms with E-state index in [0.717, 1.165) is 11.8 Å². The minimum atomic E-state index is 0.810. The first-order chi connectivity index (χ1) is 6.65. The monoisotopic (exact) mass is 188 g/mol. The van der Waals surface area contributed by atoms with Crippen molar-refractivity contribution in [1.29, 1.82) is 0 Å². The van der Waals surface area contributed by atoms with Crippen molar-refractivity contribution in [3.8, 4) is 0 Å². The molecule has 0 N–H and O–H groups in total. The van der Waals surface area contributed by atoms with Gasteiger partial charge in [-0.2, -0.15) is 0 Å². The van der Waals surface area contributed by atoms with E-state index in [1.165, 1.54) is 24.0 Å². The molecule has 1 aliphatic carbocycles. The molecule has 0 saturated carbocycles. The first-order valence-corrected chi connectivity index (χ1v) is 5.74. The third-order valence-corrected chi connectivity index (χ3v) is 3.96. The van der Waals surface area contributed by atoms with Crippen molar-refractivity contribution < 1.29 is 0 Å². The van der Waals surface area contributed by atoms with Crippen LogP contribution in [0.3, 0.4) is 0 Å². The molecule has 0 fully saturated rings. The zero-order chi connectivity index (χ0) is 10.3. The summed E-state index contributed by atoms with van der Waals surface area (Å²) in [5.41, 5.74) is 6.26. The Labute approximate surface area is 87.3 Å². The lowest BCUT2D eigenvalue weighted by Gasteiger charge is -2.14. The molecule has 0 aliphatic heterocycles. The average molecular weight is 188 g/mol. The largest absolute Gasteiger partial charge is 0.0648 e. The summed E-state index contributed by atoms with van der Waals surface area (Å²) in [6.07, 6.45) is 2.58. The van der Waals surface area contributed by atoms with E-state index < -0.39 is 0 Å². The molecular formula is C14H20. The fourth-order valence-electron chi connectivity index (χ4n) is 2.91. The van der Waals surface area contributed by atoms with Crippen LogP contribution in [0, 0.1) is 19.8 Å². The second kappa shape index (κ2) is 3.42.